The fraction of sp³-hybridized carbons (Fsp3) is 0.286. The Morgan fingerprint density at radius 1 is 1.30 bits per heavy atom. The van der Waals surface area contributed by atoms with Gasteiger partial charge in [-0.1, -0.05) is 15.9 Å². The third-order valence-corrected chi connectivity index (χ3v) is 3.17. The van der Waals surface area contributed by atoms with Gasteiger partial charge in [-0.05, 0) is 29.8 Å². The molecule has 1 amide bonds. The first-order valence-corrected chi connectivity index (χ1v) is 6.72. The van der Waals surface area contributed by atoms with Crippen molar-refractivity contribution >= 4 is 39.6 Å². The van der Waals surface area contributed by atoms with Gasteiger partial charge in [0.25, 0.3) is 0 Å². The van der Waals surface area contributed by atoms with Gasteiger partial charge in [-0.2, -0.15) is 0 Å². The monoisotopic (exact) mass is 340 g/mol. The number of carboxylic acids is 1. The van der Waals surface area contributed by atoms with Gasteiger partial charge in [-0.25, -0.2) is 4.79 Å². The zero-order valence-electron chi connectivity index (χ0n) is 11.6. The molecule has 0 fully saturated rings. The second-order valence-corrected chi connectivity index (χ2v) is 5.43. The van der Waals surface area contributed by atoms with Crippen LogP contribution >= 0.6 is 15.9 Å². The van der Waals surface area contributed by atoms with E-state index in [-0.39, 0.29) is 12.5 Å². The summed E-state index contributed by atoms with van der Waals surface area (Å²) in [5, 5.41) is 8.72. The molecule has 108 valence electrons. The van der Waals surface area contributed by atoms with E-state index in [0.29, 0.717) is 0 Å². The molecule has 1 rings (SSSR count). The Bertz CT molecular complexity index is 541. The van der Waals surface area contributed by atoms with Crippen LogP contribution in [0.3, 0.4) is 0 Å². The Balaban J connectivity index is 3.04. The quantitative estimate of drug-likeness (QED) is 0.833. The maximum atomic E-state index is 11.7. The lowest BCUT2D eigenvalue weighted by atomic mass is 10.1. The molecule has 1 aromatic carbocycles. The van der Waals surface area contributed by atoms with Crippen molar-refractivity contribution in [1.82, 2.24) is 4.90 Å². The molecule has 0 unspecified atom stereocenters. The molecule has 0 aliphatic rings. The second kappa shape index (κ2) is 7.09. The molecule has 0 saturated heterocycles. The largest absolute Gasteiger partial charge is 0.478 e. The van der Waals surface area contributed by atoms with E-state index < -0.39 is 5.97 Å². The predicted molar refractivity (Wildman–Crippen MR) is 82.8 cm³/mol. The topological polar surface area (TPSA) is 60.9 Å². The van der Waals surface area contributed by atoms with Crippen LogP contribution in [-0.4, -0.2) is 49.6 Å². The zero-order valence-corrected chi connectivity index (χ0v) is 13.2. The highest BCUT2D eigenvalue weighted by Crippen LogP contribution is 2.25. The highest BCUT2D eigenvalue weighted by atomic mass is 79.9. The van der Waals surface area contributed by atoms with Gasteiger partial charge in [-0.15, -0.1) is 0 Å². The van der Waals surface area contributed by atoms with E-state index in [1.54, 1.807) is 26.0 Å². The van der Waals surface area contributed by atoms with Crippen LogP contribution in [0.25, 0.3) is 6.08 Å². The van der Waals surface area contributed by atoms with Crippen molar-refractivity contribution in [2.45, 2.75) is 0 Å². The number of aliphatic carboxylic acids is 1. The molecule has 20 heavy (non-hydrogen) atoms. The van der Waals surface area contributed by atoms with Gasteiger partial charge in [0, 0.05) is 37.4 Å². The number of likely N-dealkylation sites (N-methyl/N-ethyl adjacent to an activating group) is 2. The van der Waals surface area contributed by atoms with E-state index in [0.717, 1.165) is 21.8 Å². The van der Waals surface area contributed by atoms with E-state index in [1.165, 1.54) is 11.0 Å². The van der Waals surface area contributed by atoms with E-state index in [2.05, 4.69) is 15.9 Å². The molecule has 0 bridgehead atoms. The summed E-state index contributed by atoms with van der Waals surface area (Å²) in [6.07, 6.45) is 2.59. The Morgan fingerprint density at radius 3 is 2.50 bits per heavy atom. The number of carboxylic acid groups (broad SMARTS) is 1. The van der Waals surface area contributed by atoms with Crippen LogP contribution in [0.15, 0.2) is 28.7 Å². The van der Waals surface area contributed by atoms with Crippen LogP contribution < -0.4 is 4.90 Å². The van der Waals surface area contributed by atoms with Gasteiger partial charge in [0.2, 0.25) is 5.91 Å². The highest BCUT2D eigenvalue weighted by Gasteiger charge is 2.12. The number of halogens is 1. The van der Waals surface area contributed by atoms with Crippen molar-refractivity contribution < 1.29 is 14.7 Å². The highest BCUT2D eigenvalue weighted by molar-refractivity contribution is 9.10. The van der Waals surface area contributed by atoms with Gasteiger partial charge in [-0.3, -0.25) is 4.79 Å². The number of carbonyl (C=O) groups is 2. The first kappa shape index (κ1) is 16.2. The molecular formula is C14H17BrN2O3. The molecule has 6 heteroatoms. The number of hydrogen-bond donors (Lipinski definition) is 1. The number of hydrogen-bond acceptors (Lipinski definition) is 3. The van der Waals surface area contributed by atoms with Gasteiger partial charge < -0.3 is 14.9 Å². The predicted octanol–water partition coefficient (Wildman–Crippen LogP) is 2.07. The van der Waals surface area contributed by atoms with E-state index in [1.807, 2.05) is 18.2 Å². The molecular weight excluding hydrogens is 324 g/mol. The zero-order chi connectivity index (χ0) is 15.3. The van der Waals surface area contributed by atoms with Gasteiger partial charge in [0.15, 0.2) is 0 Å². The van der Waals surface area contributed by atoms with Crippen LogP contribution in [0.2, 0.25) is 0 Å². The normalized spacial score (nSPS) is 10.6. The Kier molecular flexibility index (Phi) is 5.76. The van der Waals surface area contributed by atoms with Crippen LogP contribution in [-0.2, 0) is 9.59 Å². The smallest absolute Gasteiger partial charge is 0.328 e. The summed E-state index contributed by atoms with van der Waals surface area (Å²) in [5.41, 5.74) is 1.52. The lowest BCUT2D eigenvalue weighted by molar-refractivity contribution is -0.131. The Labute approximate surface area is 126 Å². The molecule has 1 N–H and O–H groups in total. The minimum atomic E-state index is -1.01. The van der Waals surface area contributed by atoms with Crippen molar-refractivity contribution in [1.29, 1.82) is 0 Å². The number of rotatable bonds is 5. The second-order valence-electron chi connectivity index (χ2n) is 4.52. The average molecular weight is 341 g/mol. The molecule has 0 heterocycles. The molecule has 0 radical (unpaired) electrons. The van der Waals surface area contributed by atoms with Crippen molar-refractivity contribution in [2.75, 3.05) is 32.6 Å². The minimum absolute atomic E-state index is 0.0245. The van der Waals surface area contributed by atoms with Crippen LogP contribution in [0.4, 0.5) is 5.69 Å². The number of anilines is 1. The van der Waals surface area contributed by atoms with E-state index in [4.69, 9.17) is 5.11 Å². The van der Waals surface area contributed by atoms with Crippen molar-refractivity contribution in [3.05, 3.63) is 34.3 Å². The fourth-order valence-electron chi connectivity index (χ4n) is 1.60. The van der Waals surface area contributed by atoms with Crippen molar-refractivity contribution in [3.63, 3.8) is 0 Å². The first-order chi connectivity index (χ1) is 9.31. The fourth-order valence-corrected chi connectivity index (χ4v) is 1.98. The summed E-state index contributed by atoms with van der Waals surface area (Å²) in [7, 11) is 5.19. The third kappa shape index (κ3) is 4.70. The molecule has 1 aromatic rings. The molecule has 0 saturated carbocycles. The van der Waals surface area contributed by atoms with Crippen LogP contribution in [0, 0.1) is 0 Å². The molecule has 0 spiro atoms. The van der Waals surface area contributed by atoms with Crippen LogP contribution in [0.5, 0.6) is 0 Å². The molecule has 5 nitrogen and oxygen atoms in total. The third-order valence-electron chi connectivity index (χ3n) is 2.68. The lowest BCUT2D eigenvalue weighted by Gasteiger charge is -2.23. The molecule has 0 aliphatic heterocycles. The Hall–Kier alpha value is -1.82. The lowest BCUT2D eigenvalue weighted by Crippen LogP contribution is -2.34. The maximum Gasteiger partial charge on any atom is 0.328 e. The molecule has 0 aliphatic carbocycles. The standard InChI is InChI=1S/C14H17BrN2O3/c1-16(2)13(18)9-17(3)12-6-5-11(15)8-10(12)4-7-14(19)20/h4-8H,9H2,1-3H3,(H,19,20)/b7-4+. The number of benzene rings is 1. The summed E-state index contributed by atoms with van der Waals surface area (Å²) in [5.74, 6) is -1.04. The number of nitrogens with zero attached hydrogens (tertiary/aromatic N) is 2. The summed E-state index contributed by atoms with van der Waals surface area (Å²) < 4.78 is 0.846. The van der Waals surface area contributed by atoms with Crippen molar-refractivity contribution in [3.8, 4) is 0 Å². The molecule has 0 atom stereocenters. The first-order valence-electron chi connectivity index (χ1n) is 5.93. The SMILES string of the molecule is CN(C)C(=O)CN(C)c1ccc(Br)cc1/C=C/C(=O)O. The van der Waals surface area contributed by atoms with E-state index >= 15 is 0 Å². The summed E-state index contributed by atoms with van der Waals surface area (Å²) in [6, 6.07) is 5.50. The summed E-state index contributed by atoms with van der Waals surface area (Å²) in [4.78, 5) is 25.7. The Morgan fingerprint density at radius 2 is 1.95 bits per heavy atom. The maximum absolute atomic E-state index is 11.7. The van der Waals surface area contributed by atoms with E-state index in [9.17, 15) is 9.59 Å². The van der Waals surface area contributed by atoms with Crippen molar-refractivity contribution in [2.24, 2.45) is 0 Å². The summed E-state index contributed by atoms with van der Waals surface area (Å²) >= 11 is 3.35. The molecule has 0 aromatic heterocycles. The number of amides is 1. The van der Waals surface area contributed by atoms with Gasteiger partial charge >= 0.3 is 5.97 Å². The van der Waals surface area contributed by atoms with Crippen LogP contribution in [0.1, 0.15) is 5.56 Å². The summed E-state index contributed by atoms with van der Waals surface area (Å²) in [6.45, 7) is 0.225. The number of carbonyl (C=O) groups excluding carboxylic acids is 1. The average Bonchev–Trinajstić information content (AvgIpc) is 2.35. The van der Waals surface area contributed by atoms with Gasteiger partial charge in [0.05, 0.1) is 6.54 Å². The van der Waals surface area contributed by atoms with Gasteiger partial charge in [0.1, 0.15) is 0 Å². The minimum Gasteiger partial charge on any atom is -0.478 e.